The fourth-order valence-corrected chi connectivity index (χ4v) is 2.42. The van der Waals surface area contributed by atoms with Crippen molar-refractivity contribution in [3.8, 4) is 11.5 Å². The van der Waals surface area contributed by atoms with E-state index in [0.29, 0.717) is 16.6 Å². The predicted octanol–water partition coefficient (Wildman–Crippen LogP) is 2.84. The molecule has 0 heterocycles. The Labute approximate surface area is 170 Å². The number of ether oxygens (including phenoxy) is 2. The van der Waals surface area contributed by atoms with E-state index in [4.69, 9.17) is 21.7 Å². The first-order valence-corrected chi connectivity index (χ1v) is 9.17. The molecule has 0 fully saturated rings. The minimum Gasteiger partial charge on any atom is -0.493 e. The third-order valence-corrected chi connectivity index (χ3v) is 3.83. The topological polar surface area (TPSA) is 84.0 Å². The van der Waals surface area contributed by atoms with Crippen LogP contribution in [0.15, 0.2) is 47.6 Å². The van der Waals surface area contributed by atoms with Crippen LogP contribution in [0, 0.1) is 6.92 Å². The number of carbonyl (C=O) groups is 1. The molecule has 1 amide bonds. The van der Waals surface area contributed by atoms with Crippen molar-refractivity contribution in [3.63, 3.8) is 0 Å². The Morgan fingerprint density at radius 2 is 1.93 bits per heavy atom. The SMILES string of the molecule is CCNC(=S)N/N=C\c1ccc(OCC(=O)Nc2ccc(C)cc2)c(OC)c1. The summed E-state index contributed by atoms with van der Waals surface area (Å²) in [5, 5.41) is 10.2. The second kappa shape index (κ2) is 10.9. The van der Waals surface area contributed by atoms with Gasteiger partial charge in [-0.15, -0.1) is 0 Å². The Bertz CT molecular complexity index is 838. The van der Waals surface area contributed by atoms with E-state index in [-0.39, 0.29) is 12.5 Å². The van der Waals surface area contributed by atoms with Crippen LogP contribution < -0.4 is 25.5 Å². The standard InChI is InChI=1S/C20H24N4O3S/c1-4-21-20(28)24-22-12-15-7-10-17(18(11-15)26-3)27-13-19(25)23-16-8-5-14(2)6-9-16/h5-12H,4,13H2,1-3H3,(H,23,25)(H2,21,24,28)/b22-12-. The highest BCUT2D eigenvalue weighted by atomic mass is 32.1. The number of amides is 1. The van der Waals surface area contributed by atoms with E-state index in [1.165, 1.54) is 7.11 Å². The largest absolute Gasteiger partial charge is 0.493 e. The average molecular weight is 401 g/mol. The monoisotopic (exact) mass is 400 g/mol. The molecule has 0 radical (unpaired) electrons. The van der Waals surface area contributed by atoms with Crippen LogP contribution in [-0.4, -0.2) is 37.5 Å². The summed E-state index contributed by atoms with van der Waals surface area (Å²) in [6.07, 6.45) is 1.61. The number of hydrogen-bond acceptors (Lipinski definition) is 5. The Hall–Kier alpha value is -3.13. The number of thiocarbonyl (C=S) groups is 1. The molecule has 0 unspecified atom stereocenters. The highest BCUT2D eigenvalue weighted by molar-refractivity contribution is 7.80. The Morgan fingerprint density at radius 1 is 1.18 bits per heavy atom. The Balaban J connectivity index is 1.92. The van der Waals surface area contributed by atoms with Gasteiger partial charge in [-0.3, -0.25) is 10.2 Å². The number of anilines is 1. The van der Waals surface area contributed by atoms with E-state index in [0.717, 1.165) is 23.4 Å². The van der Waals surface area contributed by atoms with E-state index >= 15 is 0 Å². The third-order valence-electron chi connectivity index (χ3n) is 3.60. The van der Waals surface area contributed by atoms with Gasteiger partial charge in [-0.1, -0.05) is 17.7 Å². The molecular formula is C20H24N4O3S. The van der Waals surface area contributed by atoms with Crippen molar-refractivity contribution < 1.29 is 14.3 Å². The first-order chi connectivity index (χ1) is 13.5. The smallest absolute Gasteiger partial charge is 0.262 e. The van der Waals surface area contributed by atoms with Gasteiger partial charge in [-0.25, -0.2) is 0 Å². The van der Waals surface area contributed by atoms with E-state index < -0.39 is 0 Å². The van der Waals surface area contributed by atoms with E-state index in [1.54, 1.807) is 24.4 Å². The molecule has 8 heteroatoms. The molecule has 0 aliphatic heterocycles. The molecule has 0 saturated carbocycles. The van der Waals surface area contributed by atoms with Gasteiger partial charge in [0, 0.05) is 12.2 Å². The summed E-state index contributed by atoms with van der Waals surface area (Å²) < 4.78 is 10.9. The van der Waals surface area contributed by atoms with Gasteiger partial charge < -0.3 is 20.1 Å². The number of benzene rings is 2. The molecule has 0 aromatic heterocycles. The normalized spacial score (nSPS) is 10.4. The molecule has 0 aliphatic rings. The molecule has 28 heavy (non-hydrogen) atoms. The molecule has 3 N–H and O–H groups in total. The van der Waals surface area contributed by atoms with Crippen molar-refractivity contribution in [2.75, 3.05) is 25.6 Å². The molecular weight excluding hydrogens is 376 g/mol. The van der Waals surface area contributed by atoms with Crippen LogP contribution in [0.5, 0.6) is 11.5 Å². The number of methoxy groups -OCH3 is 1. The quantitative estimate of drug-likeness (QED) is 0.359. The fraction of sp³-hybridized carbons (Fsp3) is 0.250. The second-order valence-corrected chi connectivity index (χ2v) is 6.25. The lowest BCUT2D eigenvalue weighted by molar-refractivity contribution is -0.118. The molecule has 0 bridgehead atoms. The van der Waals surface area contributed by atoms with Crippen LogP contribution in [0.25, 0.3) is 0 Å². The molecule has 2 rings (SSSR count). The number of rotatable bonds is 8. The van der Waals surface area contributed by atoms with Crippen LogP contribution in [0.4, 0.5) is 5.69 Å². The minimum atomic E-state index is -0.252. The van der Waals surface area contributed by atoms with Crippen LogP contribution in [0.3, 0.4) is 0 Å². The maximum Gasteiger partial charge on any atom is 0.262 e. The zero-order valence-corrected chi connectivity index (χ0v) is 16.9. The number of hydrogen-bond donors (Lipinski definition) is 3. The lowest BCUT2D eigenvalue weighted by Crippen LogP contribution is -2.31. The van der Waals surface area contributed by atoms with Crippen molar-refractivity contribution >= 4 is 35.1 Å². The average Bonchev–Trinajstić information content (AvgIpc) is 2.68. The summed E-state index contributed by atoms with van der Waals surface area (Å²) in [5.74, 6) is 0.717. The number of nitrogens with one attached hydrogen (secondary N) is 3. The summed E-state index contributed by atoms with van der Waals surface area (Å²) in [6, 6.07) is 12.8. The highest BCUT2D eigenvalue weighted by Crippen LogP contribution is 2.27. The zero-order chi connectivity index (χ0) is 20.4. The van der Waals surface area contributed by atoms with E-state index in [1.807, 2.05) is 38.1 Å². The molecule has 148 valence electrons. The van der Waals surface area contributed by atoms with Gasteiger partial charge >= 0.3 is 0 Å². The zero-order valence-electron chi connectivity index (χ0n) is 16.1. The molecule has 7 nitrogen and oxygen atoms in total. The maximum absolute atomic E-state index is 12.1. The second-order valence-electron chi connectivity index (χ2n) is 5.84. The van der Waals surface area contributed by atoms with E-state index in [9.17, 15) is 4.79 Å². The number of hydrazone groups is 1. The van der Waals surface area contributed by atoms with Crippen LogP contribution in [0.1, 0.15) is 18.1 Å². The van der Waals surface area contributed by atoms with Gasteiger partial charge in [-0.2, -0.15) is 5.10 Å². The summed E-state index contributed by atoms with van der Waals surface area (Å²) >= 11 is 5.03. The molecule has 2 aromatic rings. The van der Waals surface area contributed by atoms with Crippen LogP contribution in [0.2, 0.25) is 0 Å². The first-order valence-electron chi connectivity index (χ1n) is 8.76. The van der Waals surface area contributed by atoms with E-state index in [2.05, 4.69) is 21.2 Å². The molecule has 0 aliphatic carbocycles. The van der Waals surface area contributed by atoms with Crippen LogP contribution >= 0.6 is 12.2 Å². The van der Waals surface area contributed by atoms with Gasteiger partial charge in [0.15, 0.2) is 23.2 Å². The van der Waals surface area contributed by atoms with Gasteiger partial charge in [-0.05, 0) is 62.0 Å². The fourth-order valence-electron chi connectivity index (χ4n) is 2.23. The minimum absolute atomic E-state index is 0.129. The number of aryl methyl sites for hydroxylation is 1. The number of nitrogens with zero attached hydrogens (tertiary/aromatic N) is 1. The molecule has 0 spiro atoms. The molecule has 0 atom stereocenters. The first kappa shape index (κ1) is 21.2. The van der Waals surface area contributed by atoms with Crippen molar-refractivity contribution in [2.45, 2.75) is 13.8 Å². The predicted molar refractivity (Wildman–Crippen MR) is 115 cm³/mol. The van der Waals surface area contributed by atoms with Crippen molar-refractivity contribution in [3.05, 3.63) is 53.6 Å². The Morgan fingerprint density at radius 3 is 2.61 bits per heavy atom. The summed E-state index contributed by atoms with van der Waals surface area (Å²) in [7, 11) is 1.54. The lowest BCUT2D eigenvalue weighted by Gasteiger charge is -2.11. The maximum atomic E-state index is 12.1. The lowest BCUT2D eigenvalue weighted by atomic mass is 10.2. The van der Waals surface area contributed by atoms with Crippen molar-refractivity contribution in [1.82, 2.24) is 10.7 Å². The van der Waals surface area contributed by atoms with Gasteiger partial charge in [0.25, 0.3) is 5.91 Å². The molecule has 0 saturated heterocycles. The molecule has 2 aromatic carbocycles. The third kappa shape index (κ3) is 6.88. The summed E-state index contributed by atoms with van der Waals surface area (Å²) in [5.41, 5.74) is 5.36. The van der Waals surface area contributed by atoms with Crippen molar-refractivity contribution in [2.24, 2.45) is 5.10 Å². The van der Waals surface area contributed by atoms with Crippen molar-refractivity contribution in [1.29, 1.82) is 0 Å². The van der Waals surface area contributed by atoms with Gasteiger partial charge in [0.2, 0.25) is 0 Å². The van der Waals surface area contributed by atoms with Gasteiger partial charge in [0.1, 0.15) is 0 Å². The number of carbonyl (C=O) groups excluding carboxylic acids is 1. The van der Waals surface area contributed by atoms with Gasteiger partial charge in [0.05, 0.1) is 13.3 Å². The van der Waals surface area contributed by atoms with Crippen LogP contribution in [-0.2, 0) is 4.79 Å². The Kier molecular flexibility index (Phi) is 8.23. The highest BCUT2D eigenvalue weighted by Gasteiger charge is 2.09. The summed E-state index contributed by atoms with van der Waals surface area (Å²) in [4.78, 5) is 12.1. The summed E-state index contributed by atoms with van der Waals surface area (Å²) in [6.45, 7) is 4.53.